The lowest BCUT2D eigenvalue weighted by Gasteiger charge is -2.13. The number of alkyl halides is 3. The quantitative estimate of drug-likeness (QED) is 0.620. The number of carbonyl (C=O) groups excluding carboxylic acids is 1. The van der Waals surface area contributed by atoms with E-state index < -0.39 is 17.8 Å². The molecule has 0 spiro atoms. The van der Waals surface area contributed by atoms with Gasteiger partial charge in [-0.15, -0.1) is 0 Å². The van der Waals surface area contributed by atoms with Crippen LogP contribution in [-0.2, 0) is 10.9 Å². The molecule has 170 valence electrons. The second-order valence-corrected chi connectivity index (χ2v) is 7.23. The van der Waals surface area contributed by atoms with Gasteiger partial charge < -0.3 is 19.5 Å². The Morgan fingerprint density at radius 2 is 2.03 bits per heavy atom. The van der Waals surface area contributed by atoms with Crippen molar-refractivity contribution in [1.29, 1.82) is 0 Å². The van der Waals surface area contributed by atoms with E-state index in [4.69, 9.17) is 14.2 Å². The Bertz CT molecular complexity index is 1140. The van der Waals surface area contributed by atoms with Crippen LogP contribution >= 0.6 is 0 Å². The number of aromatic nitrogens is 3. The van der Waals surface area contributed by atoms with E-state index >= 15 is 0 Å². The zero-order valence-corrected chi connectivity index (χ0v) is 17.4. The zero-order chi connectivity index (χ0) is 22.9. The van der Waals surface area contributed by atoms with Crippen LogP contribution < -0.4 is 14.8 Å². The molecular weight excluding hydrogens is 429 g/mol. The Balaban J connectivity index is 1.77. The van der Waals surface area contributed by atoms with Gasteiger partial charge in [0, 0.05) is 18.7 Å². The standard InChI is InChI=1S/C21H21F3N4O4/c1-30-16-6-5-12(8-17(16)31-2)15-9-18(21(22,23)24)28-19(27-15)14(11-26-28)20(29)25-10-13-4-3-7-32-13/h5-6,8-9,11,13H,3-4,7,10H2,1-2H3,(H,25,29)/t13-/m0/s1. The molecule has 3 aromatic rings. The summed E-state index contributed by atoms with van der Waals surface area (Å²) in [5, 5.41) is 6.47. The molecule has 2 aromatic heterocycles. The highest BCUT2D eigenvalue weighted by Crippen LogP contribution is 2.35. The summed E-state index contributed by atoms with van der Waals surface area (Å²) in [6.45, 7) is 0.889. The molecule has 3 heterocycles. The Morgan fingerprint density at radius 1 is 1.25 bits per heavy atom. The number of hydrogen-bond donors (Lipinski definition) is 1. The SMILES string of the molecule is COc1ccc(-c2cc(C(F)(F)F)n3ncc(C(=O)NC[C@@H]4CCCO4)c3n2)cc1OC. The summed E-state index contributed by atoms with van der Waals surface area (Å²) in [7, 11) is 2.88. The second kappa shape index (κ2) is 8.65. The molecule has 1 aliphatic heterocycles. The second-order valence-electron chi connectivity index (χ2n) is 7.23. The molecule has 1 atom stereocenters. The van der Waals surface area contributed by atoms with Gasteiger partial charge in [-0.1, -0.05) is 0 Å². The summed E-state index contributed by atoms with van der Waals surface area (Å²) in [6.07, 6.45) is -2.02. The fraction of sp³-hybridized carbons (Fsp3) is 0.381. The third-order valence-electron chi connectivity index (χ3n) is 5.20. The van der Waals surface area contributed by atoms with Gasteiger partial charge in [0.05, 0.1) is 32.2 Å². The number of amides is 1. The topological polar surface area (TPSA) is 87.0 Å². The molecule has 0 saturated carbocycles. The van der Waals surface area contributed by atoms with Gasteiger partial charge in [0.25, 0.3) is 5.91 Å². The van der Waals surface area contributed by atoms with Gasteiger partial charge in [-0.2, -0.15) is 18.3 Å². The highest BCUT2D eigenvalue weighted by Gasteiger charge is 2.36. The van der Waals surface area contributed by atoms with Crippen molar-refractivity contribution < 1.29 is 32.2 Å². The molecule has 0 radical (unpaired) electrons. The average Bonchev–Trinajstić information content (AvgIpc) is 3.45. The number of benzene rings is 1. The molecule has 1 N–H and O–H groups in total. The van der Waals surface area contributed by atoms with Crippen LogP contribution in [0.1, 0.15) is 28.9 Å². The van der Waals surface area contributed by atoms with Gasteiger partial charge in [-0.3, -0.25) is 4.79 Å². The number of hydrogen-bond acceptors (Lipinski definition) is 6. The monoisotopic (exact) mass is 450 g/mol. The molecular formula is C21H21F3N4O4. The molecule has 1 amide bonds. The summed E-state index contributed by atoms with van der Waals surface area (Å²) in [4.78, 5) is 17.0. The molecule has 0 bridgehead atoms. The van der Waals surface area contributed by atoms with Crippen LogP contribution in [-0.4, -0.2) is 54.0 Å². The van der Waals surface area contributed by atoms with Gasteiger partial charge >= 0.3 is 6.18 Å². The molecule has 0 unspecified atom stereocenters. The normalized spacial score (nSPS) is 16.3. The molecule has 1 fully saturated rings. The van der Waals surface area contributed by atoms with E-state index in [1.165, 1.54) is 20.3 Å². The van der Waals surface area contributed by atoms with E-state index in [9.17, 15) is 18.0 Å². The molecule has 11 heteroatoms. The van der Waals surface area contributed by atoms with Crippen LogP contribution in [0.15, 0.2) is 30.5 Å². The lowest BCUT2D eigenvalue weighted by atomic mass is 10.1. The van der Waals surface area contributed by atoms with Crippen LogP contribution in [0, 0.1) is 0 Å². The Labute approximate surface area is 181 Å². The minimum absolute atomic E-state index is 0.0134. The summed E-state index contributed by atoms with van der Waals surface area (Å²) >= 11 is 0. The molecule has 1 saturated heterocycles. The first-order chi connectivity index (χ1) is 15.3. The van der Waals surface area contributed by atoms with Crippen molar-refractivity contribution in [2.75, 3.05) is 27.4 Å². The maximum Gasteiger partial charge on any atom is 0.433 e. The number of nitrogens with one attached hydrogen (secondary N) is 1. The van der Waals surface area contributed by atoms with E-state index in [0.717, 1.165) is 25.1 Å². The van der Waals surface area contributed by atoms with Crippen LogP contribution in [0.25, 0.3) is 16.9 Å². The highest BCUT2D eigenvalue weighted by atomic mass is 19.4. The molecule has 4 rings (SSSR count). The van der Waals surface area contributed by atoms with E-state index in [2.05, 4.69) is 15.4 Å². The molecule has 32 heavy (non-hydrogen) atoms. The van der Waals surface area contributed by atoms with Gasteiger partial charge in [-0.05, 0) is 37.1 Å². The first kappa shape index (κ1) is 21.9. The fourth-order valence-corrected chi connectivity index (χ4v) is 3.58. The van der Waals surface area contributed by atoms with Gasteiger partial charge in [-0.25, -0.2) is 9.50 Å². The molecule has 1 aliphatic rings. The van der Waals surface area contributed by atoms with Crippen LogP contribution in [0.5, 0.6) is 11.5 Å². The van der Waals surface area contributed by atoms with Gasteiger partial charge in [0.15, 0.2) is 22.8 Å². The van der Waals surface area contributed by atoms with Crippen molar-refractivity contribution in [2.45, 2.75) is 25.1 Å². The summed E-state index contributed by atoms with van der Waals surface area (Å²) in [6, 6.07) is 5.54. The van der Waals surface area contributed by atoms with Crippen LogP contribution in [0.3, 0.4) is 0 Å². The minimum atomic E-state index is -4.72. The molecule has 0 aliphatic carbocycles. The summed E-state index contributed by atoms with van der Waals surface area (Å²) in [5.41, 5.74) is -0.933. The van der Waals surface area contributed by atoms with E-state index in [-0.39, 0.29) is 29.6 Å². The van der Waals surface area contributed by atoms with Crippen molar-refractivity contribution in [1.82, 2.24) is 19.9 Å². The number of rotatable bonds is 6. The van der Waals surface area contributed by atoms with Crippen molar-refractivity contribution in [3.8, 4) is 22.8 Å². The number of halogens is 3. The molecule has 1 aromatic carbocycles. The zero-order valence-electron chi connectivity index (χ0n) is 17.4. The van der Waals surface area contributed by atoms with Crippen molar-refractivity contribution >= 4 is 11.6 Å². The van der Waals surface area contributed by atoms with Crippen molar-refractivity contribution in [3.63, 3.8) is 0 Å². The van der Waals surface area contributed by atoms with Gasteiger partial charge in [0.2, 0.25) is 0 Å². The lowest BCUT2D eigenvalue weighted by molar-refractivity contribution is -0.142. The van der Waals surface area contributed by atoms with E-state index in [0.29, 0.717) is 28.2 Å². The number of fused-ring (bicyclic) bond motifs is 1. The number of nitrogens with zero attached hydrogens (tertiary/aromatic N) is 3. The summed E-state index contributed by atoms with van der Waals surface area (Å²) in [5.74, 6) is 0.191. The predicted octanol–water partition coefficient (Wildman–Crippen LogP) is 3.34. The van der Waals surface area contributed by atoms with Crippen LogP contribution in [0.4, 0.5) is 13.2 Å². The third-order valence-corrected chi connectivity index (χ3v) is 5.20. The average molecular weight is 450 g/mol. The minimum Gasteiger partial charge on any atom is -0.493 e. The van der Waals surface area contributed by atoms with Crippen LogP contribution in [0.2, 0.25) is 0 Å². The fourth-order valence-electron chi connectivity index (χ4n) is 3.58. The highest BCUT2D eigenvalue weighted by molar-refractivity contribution is 6.00. The summed E-state index contributed by atoms with van der Waals surface area (Å²) < 4.78 is 57.9. The maximum absolute atomic E-state index is 13.8. The van der Waals surface area contributed by atoms with E-state index in [1.54, 1.807) is 12.1 Å². The smallest absolute Gasteiger partial charge is 0.433 e. The predicted molar refractivity (Wildman–Crippen MR) is 108 cm³/mol. The Morgan fingerprint density at radius 3 is 2.69 bits per heavy atom. The first-order valence-electron chi connectivity index (χ1n) is 9.90. The van der Waals surface area contributed by atoms with Gasteiger partial charge in [0.1, 0.15) is 5.56 Å². The first-order valence-corrected chi connectivity index (χ1v) is 9.90. The molecule has 8 nitrogen and oxygen atoms in total. The largest absolute Gasteiger partial charge is 0.493 e. The Hall–Kier alpha value is -3.34. The Kier molecular flexibility index (Phi) is 5.92. The number of carbonyl (C=O) groups is 1. The van der Waals surface area contributed by atoms with Crippen molar-refractivity contribution in [2.24, 2.45) is 0 Å². The maximum atomic E-state index is 13.8. The lowest BCUT2D eigenvalue weighted by Crippen LogP contribution is -2.31. The number of ether oxygens (including phenoxy) is 3. The third kappa shape index (κ3) is 4.20. The number of methoxy groups -OCH3 is 2. The van der Waals surface area contributed by atoms with E-state index in [1.807, 2.05) is 0 Å². The van der Waals surface area contributed by atoms with Crippen molar-refractivity contribution in [3.05, 3.63) is 41.7 Å².